The molecule has 0 heterocycles. The van der Waals surface area contributed by atoms with Gasteiger partial charge in [0.2, 0.25) is 0 Å². The maximum absolute atomic E-state index is 10.8. The third-order valence-electron chi connectivity index (χ3n) is 3.53. The van der Waals surface area contributed by atoms with E-state index in [0.29, 0.717) is 0 Å². The molecule has 3 nitrogen and oxygen atoms in total. The molecule has 3 heteroatoms. The number of carboxylic acid groups (broad SMARTS) is 1. The van der Waals surface area contributed by atoms with Gasteiger partial charge in [-0.05, 0) is 43.9 Å². The van der Waals surface area contributed by atoms with Gasteiger partial charge >= 0.3 is 5.97 Å². The monoisotopic (exact) mass is 220 g/mol. The van der Waals surface area contributed by atoms with E-state index in [4.69, 9.17) is 5.11 Å². The van der Waals surface area contributed by atoms with Crippen LogP contribution >= 0.6 is 0 Å². The van der Waals surface area contributed by atoms with Gasteiger partial charge in [0.1, 0.15) is 5.75 Å². The Bertz CT molecular complexity index is 445. The van der Waals surface area contributed by atoms with Crippen molar-refractivity contribution in [2.24, 2.45) is 0 Å². The lowest BCUT2D eigenvalue weighted by Gasteiger charge is -2.16. The van der Waals surface area contributed by atoms with Crippen molar-refractivity contribution in [2.45, 2.75) is 38.5 Å². The fourth-order valence-electron chi connectivity index (χ4n) is 2.21. The van der Waals surface area contributed by atoms with Crippen LogP contribution in [0.3, 0.4) is 0 Å². The molecule has 0 aromatic heterocycles. The highest BCUT2D eigenvalue weighted by Gasteiger charge is 2.47. The normalized spacial score (nSPS) is 17.1. The van der Waals surface area contributed by atoms with Gasteiger partial charge < -0.3 is 10.2 Å². The Kier molecular flexibility index (Phi) is 2.41. The maximum Gasteiger partial charge on any atom is 0.304 e. The SMILES string of the molecule is Cc1cc(O)c(C2(CC(=O)O)CC2)cc1C. The molecule has 1 fully saturated rings. The van der Waals surface area contributed by atoms with Crippen LogP contribution in [0.15, 0.2) is 12.1 Å². The van der Waals surface area contributed by atoms with Crippen molar-refractivity contribution in [2.75, 3.05) is 0 Å². The van der Waals surface area contributed by atoms with Crippen molar-refractivity contribution < 1.29 is 15.0 Å². The number of carbonyl (C=O) groups is 1. The Morgan fingerprint density at radius 2 is 1.88 bits per heavy atom. The number of rotatable bonds is 3. The number of aryl methyl sites for hydroxylation is 2. The van der Waals surface area contributed by atoms with Gasteiger partial charge in [-0.3, -0.25) is 4.79 Å². The van der Waals surface area contributed by atoms with Crippen LogP contribution in [0.2, 0.25) is 0 Å². The van der Waals surface area contributed by atoms with Gasteiger partial charge in [-0.15, -0.1) is 0 Å². The number of carboxylic acids is 1. The van der Waals surface area contributed by atoms with Crippen LogP contribution < -0.4 is 0 Å². The highest BCUT2D eigenvalue weighted by atomic mass is 16.4. The minimum Gasteiger partial charge on any atom is -0.508 e. The third kappa shape index (κ3) is 1.77. The molecule has 16 heavy (non-hydrogen) atoms. The van der Waals surface area contributed by atoms with Gasteiger partial charge in [0, 0.05) is 11.0 Å². The molecule has 0 amide bonds. The van der Waals surface area contributed by atoms with Gasteiger partial charge in [0.15, 0.2) is 0 Å². The van der Waals surface area contributed by atoms with Gasteiger partial charge in [-0.25, -0.2) is 0 Å². The molecule has 0 aliphatic heterocycles. The molecule has 1 aromatic carbocycles. The maximum atomic E-state index is 10.8. The summed E-state index contributed by atoms with van der Waals surface area (Å²) in [6, 6.07) is 3.66. The molecule has 1 saturated carbocycles. The van der Waals surface area contributed by atoms with Crippen LogP contribution in [0, 0.1) is 13.8 Å². The molecule has 2 rings (SSSR count). The first-order chi connectivity index (χ1) is 7.44. The number of phenols is 1. The minimum absolute atomic E-state index is 0.114. The van der Waals surface area contributed by atoms with E-state index in [1.165, 1.54) is 0 Å². The summed E-state index contributed by atoms with van der Waals surface area (Å²) in [7, 11) is 0. The Hall–Kier alpha value is -1.51. The molecule has 0 atom stereocenters. The van der Waals surface area contributed by atoms with Crippen molar-refractivity contribution in [3.05, 3.63) is 28.8 Å². The summed E-state index contributed by atoms with van der Waals surface area (Å²) in [4.78, 5) is 10.8. The zero-order valence-electron chi connectivity index (χ0n) is 9.58. The number of hydrogen-bond acceptors (Lipinski definition) is 2. The Morgan fingerprint density at radius 1 is 1.31 bits per heavy atom. The van der Waals surface area contributed by atoms with E-state index in [2.05, 4.69) is 0 Å². The zero-order valence-corrected chi connectivity index (χ0v) is 9.58. The molecule has 1 aromatic rings. The summed E-state index contributed by atoms with van der Waals surface area (Å²) >= 11 is 0. The molecule has 2 N–H and O–H groups in total. The van der Waals surface area contributed by atoms with Crippen LogP contribution in [0.25, 0.3) is 0 Å². The highest BCUT2D eigenvalue weighted by molar-refractivity contribution is 5.70. The number of benzene rings is 1. The lowest BCUT2D eigenvalue weighted by Crippen LogP contribution is -2.13. The van der Waals surface area contributed by atoms with Crippen LogP contribution in [-0.4, -0.2) is 16.2 Å². The van der Waals surface area contributed by atoms with E-state index < -0.39 is 5.97 Å². The first-order valence-electron chi connectivity index (χ1n) is 5.47. The quantitative estimate of drug-likeness (QED) is 0.822. The number of hydrogen-bond donors (Lipinski definition) is 2. The Morgan fingerprint density at radius 3 is 2.38 bits per heavy atom. The second kappa shape index (κ2) is 3.51. The summed E-state index contributed by atoms with van der Waals surface area (Å²) in [5.41, 5.74) is 2.63. The molecular weight excluding hydrogens is 204 g/mol. The molecule has 0 spiro atoms. The summed E-state index contributed by atoms with van der Waals surface area (Å²) < 4.78 is 0. The summed E-state index contributed by atoms with van der Waals surface area (Å²) in [6.45, 7) is 3.92. The molecule has 0 radical (unpaired) electrons. The van der Waals surface area contributed by atoms with E-state index in [1.807, 2.05) is 19.9 Å². The standard InChI is InChI=1S/C13H16O3/c1-8-5-10(11(14)6-9(8)2)13(3-4-13)7-12(15)16/h5-6,14H,3-4,7H2,1-2H3,(H,15,16). The Balaban J connectivity index is 2.41. The zero-order chi connectivity index (χ0) is 11.9. The smallest absolute Gasteiger partial charge is 0.304 e. The van der Waals surface area contributed by atoms with E-state index in [-0.39, 0.29) is 17.6 Å². The fraction of sp³-hybridized carbons (Fsp3) is 0.462. The summed E-state index contributed by atoms with van der Waals surface area (Å²) in [6.07, 6.45) is 1.83. The van der Waals surface area contributed by atoms with Crippen molar-refractivity contribution >= 4 is 5.97 Å². The molecule has 86 valence electrons. The predicted molar refractivity (Wildman–Crippen MR) is 60.7 cm³/mol. The van der Waals surface area contributed by atoms with Crippen LogP contribution in [0.4, 0.5) is 0 Å². The summed E-state index contributed by atoms with van der Waals surface area (Å²) in [5.74, 6) is -0.558. The fourth-order valence-corrected chi connectivity index (χ4v) is 2.21. The van der Waals surface area contributed by atoms with Crippen molar-refractivity contribution in [1.29, 1.82) is 0 Å². The third-order valence-corrected chi connectivity index (χ3v) is 3.53. The first kappa shape index (κ1) is 11.0. The minimum atomic E-state index is -0.796. The van der Waals surface area contributed by atoms with Gasteiger partial charge in [0.05, 0.1) is 6.42 Å². The highest BCUT2D eigenvalue weighted by Crippen LogP contribution is 2.54. The molecule has 1 aliphatic carbocycles. The molecule has 0 unspecified atom stereocenters. The van der Waals surface area contributed by atoms with Gasteiger partial charge in [-0.1, -0.05) is 6.07 Å². The lowest BCUT2D eigenvalue weighted by molar-refractivity contribution is -0.137. The average Bonchev–Trinajstić information content (AvgIpc) is 2.91. The second-order valence-electron chi connectivity index (χ2n) is 4.80. The molecular formula is C13H16O3. The molecule has 1 aliphatic rings. The van der Waals surface area contributed by atoms with E-state index in [1.54, 1.807) is 6.07 Å². The van der Waals surface area contributed by atoms with Crippen LogP contribution in [0.1, 0.15) is 36.0 Å². The molecule has 0 saturated heterocycles. The van der Waals surface area contributed by atoms with Gasteiger partial charge in [-0.2, -0.15) is 0 Å². The lowest BCUT2D eigenvalue weighted by atomic mass is 9.89. The predicted octanol–water partition coefficient (Wildman–Crippen LogP) is 2.52. The summed E-state index contributed by atoms with van der Waals surface area (Å²) in [5, 5.41) is 18.8. The molecule has 0 bridgehead atoms. The average molecular weight is 220 g/mol. The Labute approximate surface area is 94.7 Å². The number of aliphatic carboxylic acids is 1. The second-order valence-corrected chi connectivity index (χ2v) is 4.80. The van der Waals surface area contributed by atoms with Crippen LogP contribution in [0.5, 0.6) is 5.75 Å². The van der Waals surface area contributed by atoms with Crippen molar-refractivity contribution in [3.8, 4) is 5.75 Å². The number of aromatic hydroxyl groups is 1. The number of phenolic OH excluding ortho intramolecular Hbond substituents is 1. The van der Waals surface area contributed by atoms with E-state index >= 15 is 0 Å². The topological polar surface area (TPSA) is 57.5 Å². The first-order valence-corrected chi connectivity index (χ1v) is 5.47. The van der Waals surface area contributed by atoms with Crippen molar-refractivity contribution in [3.63, 3.8) is 0 Å². The van der Waals surface area contributed by atoms with E-state index in [0.717, 1.165) is 29.5 Å². The van der Waals surface area contributed by atoms with Crippen molar-refractivity contribution in [1.82, 2.24) is 0 Å². The van der Waals surface area contributed by atoms with Crippen LogP contribution in [-0.2, 0) is 10.2 Å². The van der Waals surface area contributed by atoms with Gasteiger partial charge in [0.25, 0.3) is 0 Å². The largest absolute Gasteiger partial charge is 0.508 e. The van der Waals surface area contributed by atoms with E-state index in [9.17, 15) is 9.90 Å².